The Balaban J connectivity index is 1.57. The molecular weight excluding hydrogens is 476 g/mol. The van der Waals surface area contributed by atoms with E-state index in [9.17, 15) is 31.1 Å². The number of piperazine rings is 1. The average molecular weight is 501 g/mol. The van der Waals surface area contributed by atoms with Crippen molar-refractivity contribution in [3.63, 3.8) is 0 Å². The average Bonchev–Trinajstić information content (AvgIpc) is 3.26. The second-order valence-corrected chi connectivity index (χ2v) is 8.90. The number of carbonyl (C=O) groups excluding carboxylic acids is 1. The molecule has 2 aliphatic heterocycles. The molecule has 2 saturated heterocycles. The number of aryl methyl sites for hydroxylation is 1. The van der Waals surface area contributed by atoms with Crippen LogP contribution in [-0.2, 0) is 17.1 Å². The molecule has 2 aromatic rings. The summed E-state index contributed by atoms with van der Waals surface area (Å²) in [6, 6.07) is 4.00. The molecule has 2 aliphatic rings. The number of aromatic nitrogens is 1. The van der Waals surface area contributed by atoms with Crippen molar-refractivity contribution in [2.75, 3.05) is 31.6 Å². The Morgan fingerprint density at radius 1 is 1.03 bits per heavy atom. The second-order valence-electron chi connectivity index (χ2n) is 8.90. The van der Waals surface area contributed by atoms with Gasteiger partial charge < -0.3 is 0 Å². The summed E-state index contributed by atoms with van der Waals surface area (Å²) in [7, 11) is 0. The Bertz CT molecular complexity index is 1020. The summed E-state index contributed by atoms with van der Waals surface area (Å²) in [6.45, 7) is 4.78. The van der Waals surface area contributed by atoms with Crippen molar-refractivity contribution < 1.29 is 31.1 Å². The summed E-state index contributed by atoms with van der Waals surface area (Å²) in [4.78, 5) is 21.9. The van der Waals surface area contributed by atoms with Crippen LogP contribution in [0.25, 0.3) is 0 Å². The highest BCUT2D eigenvalue weighted by Gasteiger charge is 2.39. The smallest absolute Gasteiger partial charge is 0.299 e. The van der Waals surface area contributed by atoms with Crippen LogP contribution in [-0.4, -0.2) is 52.9 Å². The number of amides is 1. The highest BCUT2D eigenvalue weighted by atomic mass is 19.4. The predicted molar refractivity (Wildman–Crippen MR) is 116 cm³/mol. The molecule has 35 heavy (non-hydrogen) atoms. The largest absolute Gasteiger partial charge is 0.416 e. The fraction of sp³-hybridized carbons (Fsp3) is 0.478. The SMILES string of the molecule is Cc1ccc(C(C(=O)NNc2cc(C(F)(F)F)cc(C(F)(F)F)c2)N2CCN3CCC[C@@H]3C2)nc1. The molecule has 3 heterocycles. The zero-order chi connectivity index (χ0) is 25.4. The first-order valence-electron chi connectivity index (χ1n) is 11.2. The molecule has 190 valence electrons. The van der Waals surface area contributed by atoms with Gasteiger partial charge in [-0.25, -0.2) is 0 Å². The molecule has 6 nitrogen and oxygen atoms in total. The number of nitrogens with one attached hydrogen (secondary N) is 2. The van der Waals surface area contributed by atoms with Crippen molar-refractivity contribution in [2.24, 2.45) is 0 Å². The Kier molecular flexibility index (Phi) is 6.96. The summed E-state index contributed by atoms with van der Waals surface area (Å²) in [5, 5.41) is 0. The van der Waals surface area contributed by atoms with E-state index in [1.54, 1.807) is 18.3 Å². The topological polar surface area (TPSA) is 60.5 Å². The Labute approximate surface area is 198 Å². The number of hydrazine groups is 1. The lowest BCUT2D eigenvalue weighted by molar-refractivity contribution is -0.143. The number of benzene rings is 1. The molecule has 4 rings (SSSR count). The van der Waals surface area contributed by atoms with E-state index in [0.29, 0.717) is 30.9 Å². The summed E-state index contributed by atoms with van der Waals surface area (Å²) in [5.41, 5.74) is 2.41. The number of nitrogens with zero attached hydrogens (tertiary/aromatic N) is 3. The van der Waals surface area contributed by atoms with Gasteiger partial charge in [-0.1, -0.05) is 6.07 Å². The normalized spacial score (nSPS) is 20.4. The maximum absolute atomic E-state index is 13.2. The maximum Gasteiger partial charge on any atom is 0.416 e. The van der Waals surface area contributed by atoms with E-state index in [1.807, 2.05) is 11.8 Å². The number of alkyl halides is 6. The second kappa shape index (κ2) is 9.65. The van der Waals surface area contributed by atoms with Crippen molar-refractivity contribution >= 4 is 11.6 Å². The lowest BCUT2D eigenvalue weighted by Gasteiger charge is -2.40. The van der Waals surface area contributed by atoms with Crippen molar-refractivity contribution in [3.05, 3.63) is 58.9 Å². The summed E-state index contributed by atoms with van der Waals surface area (Å²) in [6.07, 6.45) is -6.31. The van der Waals surface area contributed by atoms with Crippen LogP contribution in [0.15, 0.2) is 36.5 Å². The predicted octanol–water partition coefficient (Wildman–Crippen LogP) is 4.39. The molecule has 0 bridgehead atoms. The van der Waals surface area contributed by atoms with Gasteiger partial charge in [-0.3, -0.25) is 30.4 Å². The highest BCUT2D eigenvalue weighted by Crippen LogP contribution is 2.37. The van der Waals surface area contributed by atoms with E-state index in [0.717, 1.165) is 31.5 Å². The van der Waals surface area contributed by atoms with Crippen molar-refractivity contribution in [1.82, 2.24) is 20.2 Å². The van der Waals surface area contributed by atoms with Crippen LogP contribution in [0.4, 0.5) is 32.0 Å². The van der Waals surface area contributed by atoms with Crippen LogP contribution in [0.1, 0.15) is 41.3 Å². The fourth-order valence-corrected chi connectivity index (χ4v) is 4.61. The third-order valence-electron chi connectivity index (χ3n) is 6.36. The van der Waals surface area contributed by atoms with Crippen LogP contribution in [0.3, 0.4) is 0 Å². The molecule has 1 aromatic heterocycles. The van der Waals surface area contributed by atoms with Gasteiger partial charge in [-0.2, -0.15) is 26.3 Å². The van der Waals surface area contributed by atoms with Gasteiger partial charge in [0.25, 0.3) is 5.91 Å². The van der Waals surface area contributed by atoms with E-state index >= 15 is 0 Å². The molecule has 0 saturated carbocycles. The summed E-state index contributed by atoms with van der Waals surface area (Å²) in [5.74, 6) is -0.626. The van der Waals surface area contributed by atoms with Gasteiger partial charge in [0, 0.05) is 31.9 Å². The maximum atomic E-state index is 13.2. The van der Waals surface area contributed by atoms with Gasteiger partial charge in [0.05, 0.1) is 22.5 Å². The van der Waals surface area contributed by atoms with Crippen molar-refractivity contribution in [2.45, 2.75) is 44.2 Å². The lowest BCUT2D eigenvalue weighted by atomic mass is 10.1. The van der Waals surface area contributed by atoms with E-state index in [2.05, 4.69) is 20.7 Å². The number of fused-ring (bicyclic) bond motifs is 1. The summed E-state index contributed by atoms with van der Waals surface area (Å²) >= 11 is 0. The van der Waals surface area contributed by atoms with E-state index in [-0.39, 0.29) is 12.1 Å². The van der Waals surface area contributed by atoms with Crippen LogP contribution >= 0.6 is 0 Å². The molecule has 0 aliphatic carbocycles. The lowest BCUT2D eigenvalue weighted by Crippen LogP contribution is -2.54. The van der Waals surface area contributed by atoms with Crippen LogP contribution in [0, 0.1) is 6.92 Å². The van der Waals surface area contributed by atoms with Crippen LogP contribution in [0.5, 0.6) is 0 Å². The van der Waals surface area contributed by atoms with Gasteiger partial charge in [-0.15, -0.1) is 0 Å². The number of pyridine rings is 1. The molecular formula is C23H25F6N5O. The molecule has 2 fully saturated rings. The molecule has 12 heteroatoms. The fourth-order valence-electron chi connectivity index (χ4n) is 4.61. The molecule has 1 amide bonds. The van der Waals surface area contributed by atoms with Crippen molar-refractivity contribution in [3.8, 4) is 0 Å². The van der Waals surface area contributed by atoms with Crippen molar-refractivity contribution in [1.29, 1.82) is 0 Å². The van der Waals surface area contributed by atoms with E-state index in [4.69, 9.17) is 0 Å². The monoisotopic (exact) mass is 501 g/mol. The first kappa shape index (κ1) is 25.2. The molecule has 2 N–H and O–H groups in total. The Morgan fingerprint density at radius 3 is 2.31 bits per heavy atom. The number of carbonyl (C=O) groups is 1. The minimum atomic E-state index is -4.99. The van der Waals surface area contributed by atoms with Gasteiger partial charge in [0.15, 0.2) is 0 Å². The zero-order valence-corrected chi connectivity index (χ0v) is 18.9. The highest BCUT2D eigenvalue weighted by molar-refractivity contribution is 5.84. The van der Waals surface area contributed by atoms with Gasteiger partial charge in [-0.05, 0) is 56.1 Å². The van der Waals surface area contributed by atoms with Gasteiger partial charge >= 0.3 is 12.4 Å². The van der Waals surface area contributed by atoms with E-state index < -0.39 is 41.1 Å². The van der Waals surface area contributed by atoms with Gasteiger partial charge in [0.2, 0.25) is 0 Å². The molecule has 2 atom stereocenters. The van der Waals surface area contributed by atoms with Crippen LogP contribution in [0.2, 0.25) is 0 Å². The van der Waals surface area contributed by atoms with Gasteiger partial charge in [0.1, 0.15) is 6.04 Å². The number of anilines is 1. The van der Waals surface area contributed by atoms with Crippen LogP contribution < -0.4 is 10.9 Å². The first-order valence-corrected chi connectivity index (χ1v) is 11.2. The quantitative estimate of drug-likeness (QED) is 0.470. The minimum Gasteiger partial charge on any atom is -0.299 e. The summed E-state index contributed by atoms with van der Waals surface area (Å²) < 4.78 is 79.0. The molecule has 1 aromatic carbocycles. The van der Waals surface area contributed by atoms with E-state index in [1.165, 1.54) is 0 Å². The first-order chi connectivity index (χ1) is 16.4. The Morgan fingerprint density at radius 2 is 1.71 bits per heavy atom. The molecule has 0 spiro atoms. The third kappa shape index (κ3) is 5.87. The minimum absolute atomic E-state index is 0.0348. The molecule has 0 radical (unpaired) electrons. The zero-order valence-electron chi connectivity index (χ0n) is 18.9. The number of hydrogen-bond donors (Lipinski definition) is 2. The number of hydrogen-bond acceptors (Lipinski definition) is 5. The standard InChI is InChI=1S/C23H25F6N5O/c1-14-4-5-19(30-12-14)20(34-8-7-33-6-2-3-18(33)13-34)21(35)32-31-17-10-15(22(24,25)26)9-16(11-17)23(27,28)29/h4-5,9-12,18,20,31H,2-3,6-8,13H2,1H3,(H,32,35)/t18-,20?/m1/s1. The number of halogens is 6. The number of rotatable bonds is 5. The molecule has 1 unspecified atom stereocenters. The Hall–Kier alpha value is -2.86. The third-order valence-corrected chi connectivity index (χ3v) is 6.36.